The van der Waals surface area contributed by atoms with Gasteiger partial charge in [-0.2, -0.15) is 0 Å². The van der Waals surface area contributed by atoms with E-state index in [1.807, 2.05) is 20.8 Å². The van der Waals surface area contributed by atoms with Gasteiger partial charge in [-0.15, -0.1) is 12.8 Å². The minimum atomic E-state index is -0.381. The van der Waals surface area contributed by atoms with Crippen LogP contribution in [0.4, 0.5) is 0 Å². The van der Waals surface area contributed by atoms with Crippen molar-refractivity contribution in [2.24, 2.45) is 5.73 Å². The molecule has 0 saturated heterocycles. The standard InChI is InChI=1S/C16H33NO2.C4H6O.C2H2/c1-8-9-11-18-15(4,5)10-12-19-16(6,7)13(2)14(3)17;1-2-3-4-5;1-2/h14H,2,8-12,17H2,1,3-7H3;2-4H,1H3;1-2H/b;3-2-;. The third-order valence-corrected chi connectivity index (χ3v) is 3.75. The van der Waals surface area contributed by atoms with Gasteiger partial charge in [-0.1, -0.05) is 26.0 Å². The van der Waals surface area contributed by atoms with E-state index in [2.05, 4.69) is 40.2 Å². The van der Waals surface area contributed by atoms with Crippen molar-refractivity contribution < 1.29 is 14.3 Å². The second-order valence-electron chi connectivity index (χ2n) is 7.05. The topological polar surface area (TPSA) is 61.6 Å². The van der Waals surface area contributed by atoms with E-state index < -0.39 is 0 Å². The van der Waals surface area contributed by atoms with Crippen molar-refractivity contribution in [1.82, 2.24) is 0 Å². The van der Waals surface area contributed by atoms with Gasteiger partial charge >= 0.3 is 0 Å². The molecule has 0 spiro atoms. The van der Waals surface area contributed by atoms with Crippen LogP contribution < -0.4 is 5.73 Å². The lowest BCUT2D eigenvalue weighted by atomic mass is 9.94. The Bertz CT molecular complexity index is 407. The first-order valence-electron chi connectivity index (χ1n) is 9.16. The summed E-state index contributed by atoms with van der Waals surface area (Å²) in [5.41, 5.74) is 6.27. The van der Waals surface area contributed by atoms with Crippen LogP contribution in [0.25, 0.3) is 0 Å². The normalized spacial score (nSPS) is 12.4. The quantitative estimate of drug-likeness (QED) is 0.189. The average Bonchev–Trinajstić information content (AvgIpc) is 2.57. The largest absolute Gasteiger partial charge is 0.375 e. The maximum Gasteiger partial charge on any atom is 0.142 e. The Hall–Kier alpha value is -1.41. The molecule has 0 aliphatic rings. The van der Waals surface area contributed by atoms with E-state index >= 15 is 0 Å². The number of carbonyl (C=O) groups is 1. The first-order valence-corrected chi connectivity index (χ1v) is 9.16. The van der Waals surface area contributed by atoms with Crippen LogP contribution in [-0.4, -0.2) is 36.7 Å². The second-order valence-corrected chi connectivity index (χ2v) is 7.05. The van der Waals surface area contributed by atoms with Crippen molar-refractivity contribution in [1.29, 1.82) is 0 Å². The van der Waals surface area contributed by atoms with E-state index in [9.17, 15) is 4.79 Å². The lowest BCUT2D eigenvalue weighted by molar-refractivity contribution is -0.104. The number of unbranched alkanes of at least 4 members (excludes halogenated alkanes) is 1. The smallest absolute Gasteiger partial charge is 0.142 e. The molecule has 0 bridgehead atoms. The molecule has 152 valence electrons. The van der Waals surface area contributed by atoms with Gasteiger partial charge in [0.1, 0.15) is 6.29 Å². The molecule has 2 N–H and O–H groups in total. The fraction of sp³-hybridized carbons (Fsp3) is 0.682. The van der Waals surface area contributed by atoms with Crippen LogP contribution in [0.5, 0.6) is 0 Å². The molecule has 0 radical (unpaired) electrons. The number of rotatable bonds is 11. The summed E-state index contributed by atoms with van der Waals surface area (Å²) >= 11 is 0. The number of terminal acetylenes is 1. The Morgan fingerprint density at radius 2 is 1.73 bits per heavy atom. The highest BCUT2D eigenvalue weighted by Crippen LogP contribution is 2.23. The van der Waals surface area contributed by atoms with Crippen LogP contribution in [0.2, 0.25) is 0 Å². The van der Waals surface area contributed by atoms with Crippen LogP contribution in [0.3, 0.4) is 0 Å². The third kappa shape index (κ3) is 17.4. The number of nitrogens with two attached hydrogens (primary N) is 1. The monoisotopic (exact) mass is 367 g/mol. The Morgan fingerprint density at radius 1 is 1.19 bits per heavy atom. The van der Waals surface area contributed by atoms with Crippen molar-refractivity contribution in [3.63, 3.8) is 0 Å². The van der Waals surface area contributed by atoms with Gasteiger partial charge in [0.2, 0.25) is 0 Å². The number of ether oxygens (including phenoxy) is 2. The van der Waals surface area contributed by atoms with E-state index in [1.54, 1.807) is 13.0 Å². The molecule has 0 fully saturated rings. The number of hydrogen-bond donors (Lipinski definition) is 1. The third-order valence-electron chi connectivity index (χ3n) is 3.75. The van der Waals surface area contributed by atoms with Crippen LogP contribution >= 0.6 is 0 Å². The van der Waals surface area contributed by atoms with Gasteiger partial charge in [0, 0.05) is 12.6 Å². The molecule has 4 heteroatoms. The summed E-state index contributed by atoms with van der Waals surface area (Å²) in [4.78, 5) is 9.32. The predicted molar refractivity (Wildman–Crippen MR) is 113 cm³/mol. The molecule has 0 saturated carbocycles. The predicted octanol–water partition coefficient (Wildman–Crippen LogP) is 4.68. The van der Waals surface area contributed by atoms with Gasteiger partial charge in [0.05, 0.1) is 17.8 Å². The molecule has 0 aromatic carbocycles. The van der Waals surface area contributed by atoms with E-state index in [4.69, 9.17) is 15.2 Å². The highest BCUT2D eigenvalue weighted by atomic mass is 16.5. The molecule has 0 aromatic heterocycles. The first kappa shape index (κ1) is 29.4. The summed E-state index contributed by atoms with van der Waals surface area (Å²) < 4.78 is 11.8. The zero-order chi connectivity index (χ0) is 21.2. The lowest BCUT2D eigenvalue weighted by Gasteiger charge is -2.32. The molecule has 26 heavy (non-hydrogen) atoms. The first-order chi connectivity index (χ1) is 12.0. The molecular formula is C22H41NO3. The molecule has 0 aromatic rings. The molecule has 4 nitrogen and oxygen atoms in total. The van der Waals surface area contributed by atoms with Gasteiger partial charge in [-0.05, 0) is 66.0 Å². The Balaban J connectivity index is -0.000000645. The van der Waals surface area contributed by atoms with E-state index in [0.29, 0.717) is 6.61 Å². The molecule has 0 rings (SSSR count). The van der Waals surface area contributed by atoms with Gasteiger partial charge in [-0.25, -0.2) is 0 Å². The van der Waals surface area contributed by atoms with Gasteiger partial charge in [0.15, 0.2) is 0 Å². The maximum atomic E-state index is 9.32. The molecule has 1 unspecified atom stereocenters. The SMILES string of the molecule is C#C.C/C=C\C=O.C=C(C(C)N)C(C)(C)OCCC(C)(C)OCCCC. The van der Waals surface area contributed by atoms with Crippen molar-refractivity contribution >= 4 is 6.29 Å². The highest BCUT2D eigenvalue weighted by Gasteiger charge is 2.26. The Kier molecular flexibility index (Phi) is 19.2. The maximum absolute atomic E-state index is 9.32. The molecule has 1 atom stereocenters. The van der Waals surface area contributed by atoms with Gasteiger partial charge < -0.3 is 15.2 Å². The summed E-state index contributed by atoms with van der Waals surface area (Å²) in [6.07, 6.45) is 15.0. The number of carbonyl (C=O) groups excluding carboxylic acids is 1. The summed E-state index contributed by atoms with van der Waals surface area (Å²) in [7, 11) is 0. The van der Waals surface area contributed by atoms with Crippen LogP contribution in [0, 0.1) is 12.8 Å². The van der Waals surface area contributed by atoms with Crippen molar-refractivity contribution in [2.45, 2.75) is 85.0 Å². The number of allylic oxidation sites excluding steroid dienone is 2. The zero-order valence-corrected chi connectivity index (χ0v) is 18.0. The van der Waals surface area contributed by atoms with Crippen molar-refractivity contribution in [3.8, 4) is 12.8 Å². The molecule has 0 amide bonds. The number of hydrogen-bond acceptors (Lipinski definition) is 4. The van der Waals surface area contributed by atoms with Gasteiger partial charge in [0.25, 0.3) is 0 Å². The lowest BCUT2D eigenvalue weighted by Crippen LogP contribution is -2.37. The zero-order valence-electron chi connectivity index (χ0n) is 18.0. The minimum Gasteiger partial charge on any atom is -0.375 e. The van der Waals surface area contributed by atoms with Crippen molar-refractivity contribution in [2.75, 3.05) is 13.2 Å². The summed E-state index contributed by atoms with van der Waals surface area (Å²) in [6.45, 7) is 19.6. The minimum absolute atomic E-state index is 0.0520. The average molecular weight is 368 g/mol. The summed E-state index contributed by atoms with van der Waals surface area (Å²) in [6, 6.07) is -0.0520. The molecule has 0 aliphatic carbocycles. The second kappa shape index (κ2) is 17.0. The van der Waals surface area contributed by atoms with E-state index in [-0.39, 0.29) is 17.2 Å². The molecule has 0 aliphatic heterocycles. The molecular weight excluding hydrogens is 326 g/mol. The fourth-order valence-electron chi connectivity index (χ4n) is 1.84. The summed E-state index contributed by atoms with van der Waals surface area (Å²) in [5.74, 6) is 0. The Labute approximate surface area is 162 Å². The number of aldehydes is 1. The van der Waals surface area contributed by atoms with Crippen LogP contribution in [0.15, 0.2) is 24.3 Å². The summed E-state index contributed by atoms with van der Waals surface area (Å²) in [5, 5.41) is 0. The molecule has 0 heterocycles. The van der Waals surface area contributed by atoms with E-state index in [1.165, 1.54) is 6.08 Å². The van der Waals surface area contributed by atoms with E-state index in [0.717, 1.165) is 37.7 Å². The van der Waals surface area contributed by atoms with Crippen LogP contribution in [-0.2, 0) is 14.3 Å². The fourth-order valence-corrected chi connectivity index (χ4v) is 1.84. The van der Waals surface area contributed by atoms with Crippen molar-refractivity contribution in [3.05, 3.63) is 24.3 Å². The van der Waals surface area contributed by atoms with Crippen LogP contribution in [0.1, 0.15) is 67.7 Å². The Morgan fingerprint density at radius 3 is 2.08 bits per heavy atom. The highest BCUT2D eigenvalue weighted by molar-refractivity contribution is 5.64. The van der Waals surface area contributed by atoms with Gasteiger partial charge in [-0.3, -0.25) is 4.79 Å².